The molecule has 0 aliphatic heterocycles. The Morgan fingerprint density at radius 1 is 0.871 bits per heavy atom. The first-order valence-corrected chi connectivity index (χ1v) is 10.8. The first-order valence-electron chi connectivity index (χ1n) is 9.26. The van der Waals surface area contributed by atoms with Crippen molar-refractivity contribution in [2.75, 3.05) is 6.61 Å². The summed E-state index contributed by atoms with van der Waals surface area (Å²) in [6, 6.07) is 21.0. The summed E-state index contributed by atoms with van der Waals surface area (Å²) in [6.07, 6.45) is 1.41. The van der Waals surface area contributed by atoms with Crippen molar-refractivity contribution in [3.8, 4) is 11.5 Å². The molecular formula is C23H19Br2NO5. The van der Waals surface area contributed by atoms with E-state index in [2.05, 4.69) is 37.0 Å². The van der Waals surface area contributed by atoms with Crippen LogP contribution >= 0.6 is 31.9 Å². The Hall–Kier alpha value is -2.84. The number of benzene rings is 3. The summed E-state index contributed by atoms with van der Waals surface area (Å²) in [7, 11) is 0. The molecule has 1 N–H and O–H groups in total. The van der Waals surface area contributed by atoms with E-state index in [1.54, 1.807) is 6.07 Å². The predicted octanol–water partition coefficient (Wildman–Crippen LogP) is 5.80. The van der Waals surface area contributed by atoms with E-state index in [1.807, 2.05) is 60.7 Å². The first kappa shape index (κ1) is 22.8. The highest BCUT2D eigenvalue weighted by atomic mass is 79.9. The van der Waals surface area contributed by atoms with Gasteiger partial charge in [0.05, 0.1) is 6.21 Å². The standard InChI is InChI=1S/C23H19Br2NO5/c24-19-8-4-16(5-9-19)13-29-21-3-1-2-18(12-26-31-15-22(27)28)23(21)30-14-17-6-10-20(25)11-7-17/h1-12H,13-15H2,(H,27,28). The van der Waals surface area contributed by atoms with Crippen LogP contribution in [-0.2, 0) is 22.8 Å². The molecule has 160 valence electrons. The Bertz CT molecular complexity index is 1040. The number of oxime groups is 1. The average molecular weight is 549 g/mol. The van der Waals surface area contributed by atoms with E-state index in [4.69, 9.17) is 19.4 Å². The highest BCUT2D eigenvalue weighted by Crippen LogP contribution is 2.32. The van der Waals surface area contributed by atoms with Crippen molar-refractivity contribution in [2.45, 2.75) is 13.2 Å². The van der Waals surface area contributed by atoms with Crippen molar-refractivity contribution in [1.82, 2.24) is 0 Å². The van der Waals surface area contributed by atoms with Crippen molar-refractivity contribution in [3.63, 3.8) is 0 Å². The molecule has 6 nitrogen and oxygen atoms in total. The van der Waals surface area contributed by atoms with Gasteiger partial charge >= 0.3 is 5.97 Å². The van der Waals surface area contributed by atoms with E-state index in [9.17, 15) is 4.79 Å². The summed E-state index contributed by atoms with van der Waals surface area (Å²) in [5.74, 6) is -0.0668. The van der Waals surface area contributed by atoms with Gasteiger partial charge in [-0.2, -0.15) is 0 Å². The summed E-state index contributed by atoms with van der Waals surface area (Å²) in [4.78, 5) is 15.4. The fraction of sp³-hybridized carbons (Fsp3) is 0.130. The van der Waals surface area contributed by atoms with Crippen LogP contribution in [0.15, 0.2) is 80.8 Å². The largest absolute Gasteiger partial charge is 0.485 e. The van der Waals surface area contributed by atoms with Crippen LogP contribution in [0.1, 0.15) is 16.7 Å². The lowest BCUT2D eigenvalue weighted by molar-refractivity contribution is -0.142. The normalized spacial score (nSPS) is 10.8. The molecule has 0 aliphatic carbocycles. The summed E-state index contributed by atoms with van der Waals surface area (Å²) in [5.41, 5.74) is 2.60. The maximum absolute atomic E-state index is 10.6. The van der Waals surface area contributed by atoms with Crippen LogP contribution in [-0.4, -0.2) is 23.9 Å². The van der Waals surface area contributed by atoms with Crippen molar-refractivity contribution < 1.29 is 24.2 Å². The van der Waals surface area contributed by atoms with Crippen LogP contribution in [0.5, 0.6) is 11.5 Å². The highest BCUT2D eigenvalue weighted by molar-refractivity contribution is 9.10. The Morgan fingerprint density at radius 2 is 1.45 bits per heavy atom. The summed E-state index contributed by atoms with van der Waals surface area (Å²) < 4.78 is 14.1. The smallest absolute Gasteiger partial charge is 0.344 e. The van der Waals surface area contributed by atoms with E-state index in [1.165, 1.54) is 6.21 Å². The number of ether oxygens (including phenoxy) is 2. The SMILES string of the molecule is O=C(O)CON=Cc1cccc(OCc2ccc(Br)cc2)c1OCc1ccc(Br)cc1. The quantitative estimate of drug-likeness (QED) is 0.256. The maximum atomic E-state index is 10.6. The van der Waals surface area contributed by atoms with Gasteiger partial charge in [-0.15, -0.1) is 0 Å². The van der Waals surface area contributed by atoms with Gasteiger partial charge in [-0.1, -0.05) is 67.3 Å². The number of nitrogens with zero attached hydrogens (tertiary/aromatic N) is 1. The van der Waals surface area contributed by atoms with Gasteiger partial charge in [-0.3, -0.25) is 0 Å². The number of hydrogen-bond donors (Lipinski definition) is 1. The molecule has 8 heteroatoms. The molecule has 0 fully saturated rings. The lowest BCUT2D eigenvalue weighted by Crippen LogP contribution is -2.05. The lowest BCUT2D eigenvalue weighted by Gasteiger charge is -2.15. The van der Waals surface area contributed by atoms with Crippen molar-refractivity contribution >= 4 is 44.0 Å². The van der Waals surface area contributed by atoms with Crippen LogP contribution < -0.4 is 9.47 Å². The molecule has 0 radical (unpaired) electrons. The Kier molecular flexibility index (Phi) is 8.49. The first-order chi connectivity index (χ1) is 15.0. The highest BCUT2D eigenvalue weighted by Gasteiger charge is 2.12. The Morgan fingerprint density at radius 3 is 2.03 bits per heavy atom. The number of aliphatic carboxylic acids is 1. The van der Waals surface area contributed by atoms with Gasteiger partial charge in [-0.25, -0.2) is 4.79 Å². The fourth-order valence-corrected chi connectivity index (χ4v) is 3.10. The third-order valence-corrected chi connectivity index (χ3v) is 5.13. The molecule has 3 rings (SSSR count). The molecule has 3 aromatic carbocycles. The number of carboxylic acids is 1. The zero-order chi connectivity index (χ0) is 22.1. The van der Waals surface area contributed by atoms with Gasteiger partial charge in [0.15, 0.2) is 11.5 Å². The van der Waals surface area contributed by atoms with E-state index < -0.39 is 12.6 Å². The second kappa shape index (κ2) is 11.5. The van der Waals surface area contributed by atoms with Crippen LogP contribution in [0.3, 0.4) is 0 Å². The minimum atomic E-state index is -1.10. The lowest BCUT2D eigenvalue weighted by atomic mass is 10.2. The van der Waals surface area contributed by atoms with Crippen LogP contribution in [0.2, 0.25) is 0 Å². The number of carbonyl (C=O) groups is 1. The number of halogens is 2. The molecule has 0 amide bonds. The molecular weight excluding hydrogens is 530 g/mol. The van der Waals surface area contributed by atoms with Gasteiger partial charge in [-0.05, 0) is 47.5 Å². The third kappa shape index (κ3) is 7.41. The molecule has 0 atom stereocenters. The van der Waals surface area contributed by atoms with E-state index in [0.29, 0.717) is 30.3 Å². The molecule has 0 heterocycles. The van der Waals surface area contributed by atoms with Gasteiger partial charge < -0.3 is 19.4 Å². The Balaban J connectivity index is 1.79. The molecule has 0 aromatic heterocycles. The molecule has 0 aliphatic rings. The van der Waals surface area contributed by atoms with Crippen molar-refractivity contribution in [1.29, 1.82) is 0 Å². The topological polar surface area (TPSA) is 77.4 Å². The van der Waals surface area contributed by atoms with Crippen LogP contribution in [0.25, 0.3) is 0 Å². The third-order valence-electron chi connectivity index (χ3n) is 4.07. The van der Waals surface area contributed by atoms with Gasteiger partial charge in [0.2, 0.25) is 6.61 Å². The molecule has 0 saturated heterocycles. The van der Waals surface area contributed by atoms with Crippen LogP contribution in [0.4, 0.5) is 0 Å². The maximum Gasteiger partial charge on any atom is 0.344 e. The minimum absolute atomic E-state index is 0.322. The molecule has 0 saturated carbocycles. The second-order valence-corrected chi connectivity index (χ2v) is 8.24. The zero-order valence-corrected chi connectivity index (χ0v) is 19.5. The van der Waals surface area contributed by atoms with Crippen LogP contribution in [0, 0.1) is 0 Å². The minimum Gasteiger partial charge on any atom is -0.485 e. The predicted molar refractivity (Wildman–Crippen MR) is 125 cm³/mol. The van der Waals surface area contributed by atoms with E-state index in [-0.39, 0.29) is 0 Å². The number of hydrogen-bond acceptors (Lipinski definition) is 5. The monoisotopic (exact) mass is 547 g/mol. The van der Waals surface area contributed by atoms with Gasteiger partial charge in [0.25, 0.3) is 0 Å². The summed E-state index contributed by atoms with van der Waals surface area (Å²) in [5, 5.41) is 12.4. The van der Waals surface area contributed by atoms with E-state index in [0.717, 1.165) is 20.1 Å². The number of para-hydroxylation sites is 1. The second-order valence-electron chi connectivity index (χ2n) is 6.41. The summed E-state index contributed by atoms with van der Waals surface area (Å²) >= 11 is 6.84. The molecule has 0 bridgehead atoms. The fourth-order valence-electron chi connectivity index (χ4n) is 2.57. The summed E-state index contributed by atoms with van der Waals surface area (Å²) in [6.45, 7) is 0.159. The van der Waals surface area contributed by atoms with Gasteiger partial charge in [0.1, 0.15) is 13.2 Å². The molecule has 31 heavy (non-hydrogen) atoms. The molecule has 0 spiro atoms. The van der Waals surface area contributed by atoms with Gasteiger partial charge in [0, 0.05) is 14.5 Å². The molecule has 0 unspecified atom stereocenters. The van der Waals surface area contributed by atoms with Crippen molar-refractivity contribution in [2.24, 2.45) is 5.16 Å². The average Bonchev–Trinajstić information content (AvgIpc) is 2.76. The Labute approximate surface area is 196 Å². The molecule has 3 aromatic rings. The number of carboxylic acid groups (broad SMARTS) is 1. The van der Waals surface area contributed by atoms with E-state index >= 15 is 0 Å². The zero-order valence-electron chi connectivity index (χ0n) is 16.3. The van der Waals surface area contributed by atoms with Crippen molar-refractivity contribution in [3.05, 3.63) is 92.4 Å². The number of rotatable bonds is 10.